The molecule has 0 unspecified atom stereocenters. The minimum Gasteiger partial charge on any atom is -0.492 e. The van der Waals surface area contributed by atoms with Gasteiger partial charge in [0, 0.05) is 0 Å². The number of rotatable bonds is 0. The lowest BCUT2D eigenvalue weighted by atomic mass is 9.85. The van der Waals surface area contributed by atoms with Crippen molar-refractivity contribution in [3.63, 3.8) is 0 Å². The van der Waals surface area contributed by atoms with Crippen LogP contribution >= 0.6 is 0 Å². The molecule has 0 N–H and O–H groups in total. The second-order valence-electron chi connectivity index (χ2n) is 3.43. The summed E-state index contributed by atoms with van der Waals surface area (Å²) < 4.78 is 10.2. The Kier molecular flexibility index (Phi) is 1.86. The molecule has 1 saturated heterocycles. The van der Waals surface area contributed by atoms with E-state index >= 15 is 0 Å². The van der Waals surface area contributed by atoms with Gasteiger partial charge in [0.2, 0.25) is 0 Å². The van der Waals surface area contributed by atoms with Gasteiger partial charge in [0.25, 0.3) is 11.2 Å². The van der Waals surface area contributed by atoms with Crippen molar-refractivity contribution >= 4 is 0 Å². The smallest absolute Gasteiger partial charge is 0.281 e. The third-order valence-electron chi connectivity index (χ3n) is 2.69. The molecule has 2 heterocycles. The van der Waals surface area contributed by atoms with Gasteiger partial charge >= 0.3 is 0 Å². The Morgan fingerprint density at radius 2 is 1.50 bits per heavy atom. The maximum absolute atomic E-state index is 8.98. The van der Waals surface area contributed by atoms with E-state index in [0.717, 1.165) is 0 Å². The second-order valence-corrected chi connectivity index (χ2v) is 3.43. The van der Waals surface area contributed by atoms with Crippen LogP contribution in [0.15, 0.2) is 12.3 Å². The molecule has 6 nitrogen and oxygen atoms in total. The summed E-state index contributed by atoms with van der Waals surface area (Å²) in [6, 6.07) is 6.75. The highest BCUT2D eigenvalue weighted by Gasteiger charge is 2.67. The summed E-state index contributed by atoms with van der Waals surface area (Å²) >= 11 is 0. The SMILES string of the molecule is N#CC1(C#N)OC(C#N)(C#N)[C@H]2OC=C[C@H]21. The van der Waals surface area contributed by atoms with Crippen molar-refractivity contribution in [3.05, 3.63) is 12.3 Å². The van der Waals surface area contributed by atoms with E-state index in [-0.39, 0.29) is 0 Å². The number of hydrogen-bond donors (Lipinski definition) is 0. The molecule has 1 fully saturated rings. The largest absolute Gasteiger partial charge is 0.492 e. The molecule has 0 aromatic carbocycles. The van der Waals surface area contributed by atoms with E-state index in [1.54, 1.807) is 24.3 Å². The van der Waals surface area contributed by atoms with Crippen molar-refractivity contribution in [2.75, 3.05) is 0 Å². The predicted octanol–water partition coefficient (Wildman–Crippen LogP) is 0.117. The van der Waals surface area contributed by atoms with E-state index in [2.05, 4.69) is 0 Å². The van der Waals surface area contributed by atoms with Gasteiger partial charge in [-0.15, -0.1) is 0 Å². The Hall–Kier alpha value is -2.54. The molecular weight excluding hydrogens is 208 g/mol. The Balaban J connectivity index is 2.57. The van der Waals surface area contributed by atoms with Gasteiger partial charge in [0.1, 0.15) is 24.3 Å². The fraction of sp³-hybridized carbons (Fsp3) is 0.400. The van der Waals surface area contributed by atoms with Crippen molar-refractivity contribution in [1.82, 2.24) is 0 Å². The van der Waals surface area contributed by atoms with Crippen LogP contribution in [0.25, 0.3) is 0 Å². The van der Waals surface area contributed by atoms with Crippen LogP contribution < -0.4 is 0 Å². The molecule has 0 bridgehead atoms. The second kappa shape index (κ2) is 2.97. The van der Waals surface area contributed by atoms with Crippen molar-refractivity contribution in [1.29, 1.82) is 21.0 Å². The standard InChI is InChI=1S/C10H4N4O2/c11-3-9(4-12)7-1-2-15-8(7)10(5-13,6-14)16-9/h1-2,7-8H/t7-,8+/m1/s1. The predicted molar refractivity (Wildman–Crippen MR) is 46.5 cm³/mol. The van der Waals surface area contributed by atoms with Crippen LogP contribution in [0, 0.1) is 51.2 Å². The first-order chi connectivity index (χ1) is 7.68. The molecule has 0 aromatic rings. The number of nitrogens with zero attached hydrogens (tertiary/aromatic N) is 4. The van der Waals surface area contributed by atoms with E-state index in [0.29, 0.717) is 0 Å². The fourth-order valence-corrected chi connectivity index (χ4v) is 1.90. The lowest BCUT2D eigenvalue weighted by molar-refractivity contribution is -0.0164. The summed E-state index contributed by atoms with van der Waals surface area (Å²) in [6.07, 6.45) is 1.82. The van der Waals surface area contributed by atoms with Crippen LogP contribution in [0.1, 0.15) is 0 Å². The summed E-state index contributed by atoms with van der Waals surface area (Å²) in [5, 5.41) is 35.9. The number of hydrogen-bond acceptors (Lipinski definition) is 6. The number of fused-ring (bicyclic) bond motifs is 1. The van der Waals surface area contributed by atoms with Gasteiger partial charge in [-0.1, -0.05) is 0 Å². The molecule has 0 radical (unpaired) electrons. The zero-order chi connectivity index (χ0) is 11.8. The van der Waals surface area contributed by atoms with Crippen molar-refractivity contribution in [2.45, 2.75) is 17.3 Å². The van der Waals surface area contributed by atoms with Crippen LogP contribution in [-0.4, -0.2) is 17.3 Å². The summed E-state index contributed by atoms with van der Waals surface area (Å²) in [5.41, 5.74) is -3.73. The Bertz CT molecular complexity index is 497. The van der Waals surface area contributed by atoms with Gasteiger partial charge in [0.05, 0.1) is 12.2 Å². The number of nitriles is 4. The van der Waals surface area contributed by atoms with Gasteiger partial charge in [0.15, 0.2) is 6.10 Å². The summed E-state index contributed by atoms with van der Waals surface area (Å²) in [6.45, 7) is 0. The monoisotopic (exact) mass is 212 g/mol. The van der Waals surface area contributed by atoms with E-state index in [1.807, 2.05) is 0 Å². The summed E-state index contributed by atoms with van der Waals surface area (Å²) in [5.74, 6) is -0.721. The first-order valence-corrected chi connectivity index (χ1v) is 4.35. The molecule has 0 saturated carbocycles. The lowest BCUT2D eigenvalue weighted by Crippen LogP contribution is -2.38. The topological polar surface area (TPSA) is 114 Å². The molecule has 2 rings (SSSR count). The first-order valence-electron chi connectivity index (χ1n) is 4.35. The average Bonchev–Trinajstić information content (AvgIpc) is 2.90. The van der Waals surface area contributed by atoms with Crippen LogP contribution in [0.4, 0.5) is 0 Å². The van der Waals surface area contributed by atoms with E-state index in [4.69, 9.17) is 30.5 Å². The third-order valence-corrected chi connectivity index (χ3v) is 2.69. The highest BCUT2D eigenvalue weighted by molar-refractivity contribution is 5.40. The summed E-state index contributed by atoms with van der Waals surface area (Å²) in [4.78, 5) is 0. The maximum Gasteiger partial charge on any atom is 0.281 e. The lowest BCUT2D eigenvalue weighted by Gasteiger charge is -2.17. The van der Waals surface area contributed by atoms with E-state index in [1.165, 1.54) is 12.3 Å². The fourth-order valence-electron chi connectivity index (χ4n) is 1.90. The maximum atomic E-state index is 8.98. The van der Waals surface area contributed by atoms with Crippen LogP contribution in [-0.2, 0) is 9.47 Å². The minimum absolute atomic E-state index is 0.721. The molecule has 2 aliphatic rings. The molecule has 0 aromatic heterocycles. The van der Waals surface area contributed by atoms with Crippen LogP contribution in [0.5, 0.6) is 0 Å². The van der Waals surface area contributed by atoms with Gasteiger partial charge in [-0.3, -0.25) is 0 Å². The molecule has 6 heteroatoms. The van der Waals surface area contributed by atoms with Gasteiger partial charge in [-0.2, -0.15) is 21.0 Å². The van der Waals surface area contributed by atoms with Crippen molar-refractivity contribution in [2.24, 2.45) is 5.92 Å². The zero-order valence-corrected chi connectivity index (χ0v) is 7.91. The highest BCUT2D eigenvalue weighted by atomic mass is 16.6. The third kappa shape index (κ3) is 0.894. The Morgan fingerprint density at radius 1 is 0.938 bits per heavy atom. The molecule has 0 aliphatic carbocycles. The van der Waals surface area contributed by atoms with Crippen LogP contribution in [0.2, 0.25) is 0 Å². The normalized spacial score (nSPS) is 31.2. The molecule has 16 heavy (non-hydrogen) atoms. The van der Waals surface area contributed by atoms with Crippen LogP contribution in [0.3, 0.4) is 0 Å². The number of ether oxygens (including phenoxy) is 2. The van der Waals surface area contributed by atoms with Gasteiger partial charge in [-0.25, -0.2) is 0 Å². The molecule has 0 amide bonds. The average molecular weight is 212 g/mol. The molecular formula is C10H4N4O2. The zero-order valence-electron chi connectivity index (χ0n) is 7.91. The van der Waals surface area contributed by atoms with Crippen molar-refractivity contribution in [3.8, 4) is 24.3 Å². The molecule has 2 atom stereocenters. The Labute approximate surface area is 91.1 Å². The highest BCUT2D eigenvalue weighted by Crippen LogP contribution is 2.46. The van der Waals surface area contributed by atoms with Gasteiger partial charge < -0.3 is 9.47 Å². The quantitative estimate of drug-likeness (QED) is 0.563. The van der Waals surface area contributed by atoms with E-state index < -0.39 is 23.2 Å². The molecule has 0 spiro atoms. The first kappa shape index (κ1) is 9.99. The van der Waals surface area contributed by atoms with Gasteiger partial charge in [-0.05, 0) is 6.08 Å². The van der Waals surface area contributed by atoms with E-state index in [9.17, 15) is 0 Å². The summed E-state index contributed by atoms with van der Waals surface area (Å²) in [7, 11) is 0. The molecule has 2 aliphatic heterocycles. The Morgan fingerprint density at radius 3 is 2.00 bits per heavy atom. The molecule has 76 valence electrons. The minimum atomic E-state index is -1.90. The van der Waals surface area contributed by atoms with Crippen molar-refractivity contribution < 1.29 is 9.47 Å².